The van der Waals surface area contributed by atoms with Crippen LogP contribution in [-0.4, -0.2) is 35.5 Å². The van der Waals surface area contributed by atoms with E-state index in [1.165, 1.54) is 13.8 Å². The van der Waals surface area contributed by atoms with E-state index in [0.717, 1.165) is 11.1 Å². The lowest BCUT2D eigenvalue weighted by Crippen LogP contribution is -2.31. The highest BCUT2D eigenvalue weighted by Crippen LogP contribution is 2.35. The topological polar surface area (TPSA) is 142 Å². The van der Waals surface area contributed by atoms with E-state index in [9.17, 15) is 19.2 Å². The fourth-order valence-electron chi connectivity index (χ4n) is 4.11. The number of benzene rings is 4. The van der Waals surface area contributed by atoms with Gasteiger partial charge in [0.15, 0.2) is 11.6 Å². The second-order valence-corrected chi connectivity index (χ2v) is 11.3. The molecule has 46 heavy (non-hydrogen) atoms. The molecule has 4 rings (SSSR count). The van der Waals surface area contributed by atoms with Crippen LogP contribution in [0.1, 0.15) is 25.0 Å². The van der Waals surface area contributed by atoms with Crippen LogP contribution in [0.5, 0.6) is 0 Å². The Hall–Kier alpha value is -5.06. The SMILES string of the molecule is CC(=O)C(N=Nc1ccc(-c2ccc(N=NC(C(C)=O)C(=O)Nc3ccc(C)cc3)c(Cl)c2)cc1Cl)C(=O)Nc1ccc(C)cc1. The Bertz CT molecular complexity index is 1700. The summed E-state index contributed by atoms with van der Waals surface area (Å²) < 4.78 is 0. The Kier molecular flexibility index (Phi) is 11.2. The zero-order valence-electron chi connectivity index (χ0n) is 25.4. The van der Waals surface area contributed by atoms with Crippen LogP contribution in [0.2, 0.25) is 10.0 Å². The van der Waals surface area contributed by atoms with Gasteiger partial charge in [-0.15, -0.1) is 0 Å². The number of anilines is 2. The normalized spacial score (nSPS) is 12.6. The first-order valence-corrected chi connectivity index (χ1v) is 14.8. The number of Topliss-reactive ketones (excluding diaryl/α,β-unsaturated/α-hetero) is 2. The summed E-state index contributed by atoms with van der Waals surface area (Å²) in [6, 6.07) is 21.5. The number of azo groups is 2. The summed E-state index contributed by atoms with van der Waals surface area (Å²) in [6.07, 6.45) is 0. The molecule has 0 aliphatic heterocycles. The first-order valence-electron chi connectivity index (χ1n) is 14.1. The molecule has 2 atom stereocenters. The fraction of sp³-hybridized carbons (Fsp3) is 0.176. The molecule has 0 fully saturated rings. The molecule has 0 radical (unpaired) electrons. The van der Waals surface area contributed by atoms with E-state index >= 15 is 0 Å². The van der Waals surface area contributed by atoms with Gasteiger partial charge in [0, 0.05) is 11.4 Å². The van der Waals surface area contributed by atoms with Crippen molar-refractivity contribution in [3.8, 4) is 11.1 Å². The second kappa shape index (κ2) is 15.3. The second-order valence-electron chi connectivity index (χ2n) is 10.5. The lowest BCUT2D eigenvalue weighted by atomic mass is 10.0. The molecule has 10 nitrogen and oxygen atoms in total. The van der Waals surface area contributed by atoms with Gasteiger partial charge in [0.05, 0.1) is 10.0 Å². The number of carbonyl (C=O) groups excluding carboxylic acids is 4. The van der Waals surface area contributed by atoms with Crippen LogP contribution in [0.4, 0.5) is 22.7 Å². The van der Waals surface area contributed by atoms with Gasteiger partial charge in [0.1, 0.15) is 11.4 Å². The molecule has 0 aliphatic carbocycles. The van der Waals surface area contributed by atoms with Gasteiger partial charge in [-0.05, 0) is 87.4 Å². The van der Waals surface area contributed by atoms with Crippen LogP contribution in [-0.2, 0) is 19.2 Å². The van der Waals surface area contributed by atoms with Crippen LogP contribution in [0, 0.1) is 13.8 Å². The maximum absolute atomic E-state index is 12.7. The Morgan fingerprint density at radius 2 is 0.913 bits per heavy atom. The van der Waals surface area contributed by atoms with Crippen LogP contribution >= 0.6 is 23.2 Å². The number of aryl methyl sites for hydroxylation is 2. The number of nitrogens with zero attached hydrogens (tertiary/aromatic N) is 4. The highest BCUT2D eigenvalue weighted by Gasteiger charge is 2.24. The molecule has 0 heterocycles. The number of rotatable bonds is 11. The van der Waals surface area contributed by atoms with Crippen molar-refractivity contribution in [2.45, 2.75) is 39.8 Å². The minimum atomic E-state index is -1.35. The zero-order chi connectivity index (χ0) is 33.4. The minimum Gasteiger partial charge on any atom is -0.324 e. The minimum absolute atomic E-state index is 0.228. The molecule has 12 heteroatoms. The Labute approximate surface area is 275 Å². The number of hydrogen-bond acceptors (Lipinski definition) is 8. The quantitative estimate of drug-likeness (QED) is 0.123. The molecular weight excluding hydrogens is 627 g/mol. The summed E-state index contributed by atoms with van der Waals surface area (Å²) in [6.45, 7) is 6.37. The van der Waals surface area contributed by atoms with E-state index < -0.39 is 35.5 Å². The Morgan fingerprint density at radius 1 is 0.565 bits per heavy atom. The number of ketones is 2. The van der Waals surface area contributed by atoms with Crippen LogP contribution < -0.4 is 10.6 Å². The molecule has 2 N–H and O–H groups in total. The summed E-state index contributed by atoms with van der Waals surface area (Å²) in [4.78, 5) is 49.7. The third kappa shape index (κ3) is 8.99. The summed E-state index contributed by atoms with van der Waals surface area (Å²) in [5.74, 6) is -2.17. The highest BCUT2D eigenvalue weighted by atomic mass is 35.5. The molecule has 4 aromatic carbocycles. The number of carbonyl (C=O) groups is 4. The van der Waals surface area contributed by atoms with E-state index in [-0.39, 0.29) is 21.4 Å². The predicted octanol–water partition coefficient (Wildman–Crippen LogP) is 8.64. The van der Waals surface area contributed by atoms with Gasteiger partial charge in [-0.2, -0.15) is 20.5 Å². The first kappa shape index (κ1) is 33.8. The number of amides is 2. The Balaban J connectivity index is 1.46. The van der Waals surface area contributed by atoms with E-state index in [1.807, 2.05) is 38.1 Å². The highest BCUT2D eigenvalue weighted by molar-refractivity contribution is 6.34. The van der Waals surface area contributed by atoms with E-state index in [4.69, 9.17) is 23.2 Å². The van der Waals surface area contributed by atoms with Crippen LogP contribution in [0.25, 0.3) is 11.1 Å². The Morgan fingerprint density at radius 3 is 1.22 bits per heavy atom. The molecule has 0 bridgehead atoms. The molecule has 2 unspecified atom stereocenters. The lowest BCUT2D eigenvalue weighted by Gasteiger charge is -2.10. The molecule has 234 valence electrons. The number of hydrogen-bond donors (Lipinski definition) is 2. The summed E-state index contributed by atoms with van der Waals surface area (Å²) in [7, 11) is 0. The molecule has 0 saturated carbocycles. The first-order chi connectivity index (χ1) is 21.9. The third-order valence-corrected chi connectivity index (χ3v) is 7.30. The van der Waals surface area contributed by atoms with Gasteiger partial charge in [0.25, 0.3) is 11.8 Å². The maximum atomic E-state index is 12.7. The van der Waals surface area contributed by atoms with Crippen LogP contribution in [0.3, 0.4) is 0 Å². The van der Waals surface area contributed by atoms with Crippen molar-refractivity contribution in [3.63, 3.8) is 0 Å². The van der Waals surface area contributed by atoms with Gasteiger partial charge in [-0.25, -0.2) is 0 Å². The number of nitrogens with one attached hydrogen (secondary N) is 2. The van der Waals surface area contributed by atoms with Crippen molar-refractivity contribution < 1.29 is 19.2 Å². The van der Waals surface area contributed by atoms with E-state index in [1.54, 1.807) is 60.7 Å². The van der Waals surface area contributed by atoms with E-state index in [0.29, 0.717) is 22.5 Å². The largest absolute Gasteiger partial charge is 0.324 e. The molecule has 4 aromatic rings. The summed E-state index contributed by atoms with van der Waals surface area (Å²) in [5, 5.41) is 21.9. The fourth-order valence-corrected chi connectivity index (χ4v) is 4.54. The predicted molar refractivity (Wildman–Crippen MR) is 179 cm³/mol. The molecule has 0 aromatic heterocycles. The van der Waals surface area contributed by atoms with Gasteiger partial charge in [-0.1, -0.05) is 70.7 Å². The maximum Gasteiger partial charge on any atom is 0.258 e. The average molecular weight is 658 g/mol. The van der Waals surface area contributed by atoms with Crippen molar-refractivity contribution in [2.75, 3.05) is 10.6 Å². The standard InChI is InChI=1S/C34H30Cl2N6O4/c1-19-5-11-25(12-6-19)37-33(45)31(21(3)43)41-39-29-15-9-23(17-27(29)35)24-10-16-30(28(36)18-24)40-42-32(22(4)44)34(46)38-26-13-7-20(2)8-14-26/h5-18,31-32H,1-4H3,(H,37,45)(H,38,46). The summed E-state index contributed by atoms with van der Waals surface area (Å²) in [5.41, 5.74) is 5.02. The molecule has 0 saturated heterocycles. The summed E-state index contributed by atoms with van der Waals surface area (Å²) >= 11 is 12.9. The van der Waals surface area contributed by atoms with Gasteiger partial charge in [-0.3, -0.25) is 19.2 Å². The molecular formula is C34H30Cl2N6O4. The molecule has 0 aliphatic rings. The molecule has 0 spiro atoms. The van der Waals surface area contributed by atoms with Crippen molar-refractivity contribution in [2.24, 2.45) is 20.5 Å². The number of halogens is 2. The van der Waals surface area contributed by atoms with Crippen LogP contribution in [0.15, 0.2) is 105 Å². The zero-order valence-corrected chi connectivity index (χ0v) is 26.9. The smallest absolute Gasteiger partial charge is 0.258 e. The van der Waals surface area contributed by atoms with Gasteiger partial charge in [0.2, 0.25) is 12.1 Å². The monoisotopic (exact) mass is 656 g/mol. The third-order valence-electron chi connectivity index (χ3n) is 6.70. The molecule has 2 amide bonds. The lowest BCUT2D eigenvalue weighted by molar-refractivity contribution is -0.127. The van der Waals surface area contributed by atoms with Gasteiger partial charge >= 0.3 is 0 Å². The van der Waals surface area contributed by atoms with Crippen molar-refractivity contribution in [1.82, 2.24) is 0 Å². The average Bonchev–Trinajstić information content (AvgIpc) is 3.00. The van der Waals surface area contributed by atoms with Crippen molar-refractivity contribution >= 4 is 69.3 Å². The van der Waals surface area contributed by atoms with Crippen molar-refractivity contribution in [3.05, 3.63) is 106 Å². The van der Waals surface area contributed by atoms with E-state index in [2.05, 4.69) is 31.1 Å². The van der Waals surface area contributed by atoms with Gasteiger partial charge < -0.3 is 10.6 Å². The van der Waals surface area contributed by atoms with Crippen molar-refractivity contribution in [1.29, 1.82) is 0 Å².